The molecule has 1 atom stereocenters. The van der Waals surface area contributed by atoms with Crippen molar-refractivity contribution >= 4 is 28.3 Å². The predicted octanol–water partition coefficient (Wildman–Crippen LogP) is 0.871. The Morgan fingerprint density at radius 3 is 1.82 bits per heavy atom. The molecular formula is C33H42Cl2NOSiZr. The van der Waals surface area contributed by atoms with Crippen LogP contribution in [0.5, 0.6) is 0 Å². The van der Waals surface area contributed by atoms with Crippen LogP contribution in [-0.2, 0) is 26.0 Å². The van der Waals surface area contributed by atoms with Gasteiger partial charge in [-0.1, -0.05) is 6.92 Å². The van der Waals surface area contributed by atoms with E-state index in [0.29, 0.717) is 16.0 Å². The number of benzene rings is 3. The Bertz CT molecular complexity index is 1090. The SMILES string of the molecule is CCCCCCCCCCCC(=O)[NH][Zr+2]([CH]1C=Cc2ccccc21)[SiH](c1ccccc1)c1ccccc1.[Cl-].[Cl-]. The number of hydrogen-bond donors (Lipinski definition) is 1. The Balaban J connectivity index is 0.00000267. The van der Waals surface area contributed by atoms with Gasteiger partial charge in [0.1, 0.15) is 0 Å². The summed E-state index contributed by atoms with van der Waals surface area (Å²) in [5.74, 6) is -1.30. The fraction of sp³-hybridized carbons (Fsp3) is 0.364. The molecule has 1 amide bonds. The van der Waals surface area contributed by atoms with Gasteiger partial charge in [-0.25, -0.2) is 0 Å². The molecule has 3 aromatic carbocycles. The van der Waals surface area contributed by atoms with Crippen LogP contribution in [0.4, 0.5) is 0 Å². The molecule has 207 valence electrons. The second-order valence-corrected chi connectivity index (χ2v) is 24.8. The van der Waals surface area contributed by atoms with Crippen LogP contribution in [0.15, 0.2) is 91.0 Å². The monoisotopic (exact) mass is 656 g/mol. The zero-order valence-corrected chi connectivity index (χ0v) is 28.3. The summed E-state index contributed by atoms with van der Waals surface area (Å²) in [5, 5.41) is 2.92. The summed E-state index contributed by atoms with van der Waals surface area (Å²) in [6.45, 7) is 2.27. The number of carbonyl (C=O) groups is 1. The third kappa shape index (κ3) is 10.2. The van der Waals surface area contributed by atoms with E-state index in [1.807, 2.05) is 0 Å². The van der Waals surface area contributed by atoms with Crippen LogP contribution >= 0.6 is 0 Å². The molecule has 1 aliphatic rings. The molecule has 0 heterocycles. The normalized spacial score (nSPS) is 13.3. The Morgan fingerprint density at radius 1 is 0.718 bits per heavy atom. The first-order chi connectivity index (χ1) is 18.3. The Kier molecular flexibility index (Phi) is 16.3. The molecule has 0 spiro atoms. The van der Waals surface area contributed by atoms with Gasteiger partial charge in [-0.15, -0.1) is 0 Å². The molecule has 0 radical (unpaired) electrons. The smallest absolute Gasteiger partial charge is 1.00 e. The fourth-order valence-corrected chi connectivity index (χ4v) is 26.5. The topological polar surface area (TPSA) is 29.1 Å². The zero-order chi connectivity index (χ0) is 25.7. The molecule has 1 aliphatic carbocycles. The summed E-state index contributed by atoms with van der Waals surface area (Å²) >= 11 is -2.55. The standard InChI is InChI=1S/C12H25NO.C12H11Si.C9H7.2ClH.Zr/c1-2-3-4-5-6-7-8-9-10-11-12(13)14;1-3-7-11(8-4-1)13-12-9-5-2-6-10-12;1-2-5-9-7-3-6-8(9)4-1;;;/h2-11H2,1H3,(H2,13,14);1-10,13H;1-7H;2*1H;/q;;;;;+3/p-3. The molecular weight excluding hydrogens is 617 g/mol. The number of unbranched alkanes of at least 4 members (excludes halogenated alkanes) is 8. The van der Waals surface area contributed by atoms with Crippen molar-refractivity contribution in [3.8, 4) is 0 Å². The molecule has 0 fully saturated rings. The van der Waals surface area contributed by atoms with Gasteiger partial charge in [0, 0.05) is 0 Å². The summed E-state index contributed by atoms with van der Waals surface area (Å²) < 4.78 is 4.18. The van der Waals surface area contributed by atoms with Crippen LogP contribution in [0.2, 0.25) is 0 Å². The molecule has 0 bridgehead atoms. The molecule has 1 unspecified atom stereocenters. The van der Waals surface area contributed by atoms with E-state index in [0.717, 1.165) is 6.42 Å². The number of nitrogens with one attached hydrogen (secondary N) is 1. The van der Waals surface area contributed by atoms with E-state index in [4.69, 9.17) is 0 Å². The molecule has 0 saturated heterocycles. The summed E-state index contributed by atoms with van der Waals surface area (Å²) in [5.41, 5.74) is 2.75. The molecule has 0 saturated carbocycles. The number of amides is 1. The second kappa shape index (κ2) is 18.8. The van der Waals surface area contributed by atoms with Crippen LogP contribution in [0, 0.1) is 0 Å². The first-order valence-corrected chi connectivity index (χ1v) is 22.9. The molecule has 0 aromatic heterocycles. The largest absolute Gasteiger partial charge is 1.00 e. The van der Waals surface area contributed by atoms with Crippen molar-refractivity contribution in [2.75, 3.05) is 0 Å². The Morgan fingerprint density at radius 2 is 1.23 bits per heavy atom. The summed E-state index contributed by atoms with van der Waals surface area (Å²) in [6.07, 6.45) is 16.9. The minimum absolute atomic E-state index is 0. The van der Waals surface area contributed by atoms with E-state index in [2.05, 4.69) is 107 Å². The van der Waals surface area contributed by atoms with Gasteiger partial charge < -0.3 is 24.8 Å². The van der Waals surface area contributed by atoms with Gasteiger partial charge in [-0.2, -0.15) is 0 Å². The average Bonchev–Trinajstić information content (AvgIpc) is 3.37. The van der Waals surface area contributed by atoms with Gasteiger partial charge in [0.2, 0.25) is 0 Å². The van der Waals surface area contributed by atoms with Gasteiger partial charge >= 0.3 is 228 Å². The van der Waals surface area contributed by atoms with Crippen LogP contribution in [0.25, 0.3) is 6.08 Å². The minimum atomic E-state index is -2.55. The van der Waals surface area contributed by atoms with Crippen molar-refractivity contribution in [2.24, 2.45) is 0 Å². The number of rotatable bonds is 15. The number of halogens is 2. The third-order valence-corrected chi connectivity index (χ3v) is 27.0. The minimum Gasteiger partial charge on any atom is -1.00 e. The van der Waals surface area contributed by atoms with E-state index in [1.165, 1.54) is 72.9 Å². The molecule has 1 N–H and O–H groups in total. The Hall–Kier alpha value is -1.45. The molecule has 39 heavy (non-hydrogen) atoms. The van der Waals surface area contributed by atoms with Crippen molar-refractivity contribution in [2.45, 2.75) is 74.8 Å². The summed E-state index contributed by atoms with van der Waals surface area (Å²) in [7, 11) is 0. The molecule has 2 nitrogen and oxygen atoms in total. The van der Waals surface area contributed by atoms with Crippen molar-refractivity contribution in [3.05, 3.63) is 102 Å². The van der Waals surface area contributed by atoms with Crippen molar-refractivity contribution < 1.29 is 50.8 Å². The van der Waals surface area contributed by atoms with Gasteiger partial charge in [-0.05, 0) is 0 Å². The second-order valence-electron chi connectivity index (χ2n) is 10.3. The number of carbonyl (C=O) groups excluding carboxylic acids is 1. The Labute approximate surface area is 257 Å². The van der Waals surface area contributed by atoms with Gasteiger partial charge in [-0.3, -0.25) is 0 Å². The summed E-state index contributed by atoms with van der Waals surface area (Å²) in [6, 6.07) is 30.9. The van der Waals surface area contributed by atoms with E-state index < -0.39 is 27.1 Å². The van der Waals surface area contributed by atoms with Gasteiger partial charge in [0.15, 0.2) is 0 Å². The van der Waals surface area contributed by atoms with E-state index in [-0.39, 0.29) is 24.8 Å². The van der Waals surface area contributed by atoms with E-state index in [9.17, 15) is 4.79 Å². The van der Waals surface area contributed by atoms with Crippen LogP contribution in [0.1, 0.15) is 85.9 Å². The van der Waals surface area contributed by atoms with Crippen LogP contribution in [-0.4, -0.2) is 11.8 Å². The maximum Gasteiger partial charge on any atom is -1.00 e. The number of fused-ring (bicyclic) bond motifs is 1. The molecule has 0 aliphatic heterocycles. The van der Waals surface area contributed by atoms with Gasteiger partial charge in [0.25, 0.3) is 0 Å². The quantitative estimate of drug-likeness (QED) is 0.191. The van der Waals surface area contributed by atoms with Crippen LogP contribution in [0.3, 0.4) is 0 Å². The molecule has 4 rings (SSSR count). The number of hydrogen-bond acceptors (Lipinski definition) is 1. The van der Waals surface area contributed by atoms with Crippen molar-refractivity contribution in [1.82, 2.24) is 3.26 Å². The van der Waals surface area contributed by atoms with Gasteiger partial charge in [0.05, 0.1) is 0 Å². The number of allylic oxidation sites excluding steroid dienone is 1. The van der Waals surface area contributed by atoms with E-state index in [1.54, 1.807) is 0 Å². The zero-order valence-electron chi connectivity index (χ0n) is 23.1. The van der Waals surface area contributed by atoms with Crippen molar-refractivity contribution in [3.63, 3.8) is 0 Å². The third-order valence-electron chi connectivity index (χ3n) is 7.50. The average molecular weight is 659 g/mol. The maximum absolute atomic E-state index is 13.4. The summed E-state index contributed by atoms with van der Waals surface area (Å²) in [4.78, 5) is 13.4. The molecule has 3 aromatic rings. The molecule has 6 heteroatoms. The first-order valence-electron chi connectivity index (χ1n) is 14.3. The fourth-order valence-electron chi connectivity index (χ4n) is 5.51. The van der Waals surface area contributed by atoms with E-state index >= 15 is 0 Å². The van der Waals surface area contributed by atoms with Crippen molar-refractivity contribution in [1.29, 1.82) is 0 Å². The van der Waals surface area contributed by atoms with Crippen LogP contribution < -0.4 is 38.4 Å². The first kappa shape index (κ1) is 33.8. The maximum atomic E-state index is 13.4. The predicted molar refractivity (Wildman–Crippen MR) is 158 cm³/mol.